The number of hydrogen-bond acceptors (Lipinski definition) is 6. The molecule has 0 spiro atoms. The molecule has 1 aliphatic heterocycles. The molecule has 2 aromatic heterocycles. The van der Waals surface area contributed by atoms with Gasteiger partial charge in [0, 0.05) is 49.7 Å². The van der Waals surface area contributed by atoms with Crippen LogP contribution < -0.4 is 10.2 Å². The minimum absolute atomic E-state index is 0.361. The van der Waals surface area contributed by atoms with E-state index >= 15 is 0 Å². The number of aromatic nitrogens is 4. The van der Waals surface area contributed by atoms with Crippen LogP contribution in [0.25, 0.3) is 5.69 Å². The first-order valence-electron chi connectivity index (χ1n) is 9.04. The van der Waals surface area contributed by atoms with Gasteiger partial charge in [0.1, 0.15) is 12.1 Å². The molecule has 7 nitrogen and oxygen atoms in total. The smallest absolute Gasteiger partial charge is 0.246 e. The van der Waals surface area contributed by atoms with Gasteiger partial charge in [-0.3, -0.25) is 0 Å². The average Bonchev–Trinajstić information content (AvgIpc) is 3.12. The molecule has 1 aliphatic rings. The van der Waals surface area contributed by atoms with Gasteiger partial charge in [0.2, 0.25) is 5.95 Å². The second-order valence-electron chi connectivity index (χ2n) is 6.88. The molecular formula is C19H21F2N7. The number of nitrogens with one attached hydrogen (secondary N) is 1. The van der Waals surface area contributed by atoms with Gasteiger partial charge >= 0.3 is 0 Å². The van der Waals surface area contributed by atoms with Crippen LogP contribution in [0.1, 0.15) is 5.69 Å². The molecule has 0 radical (unpaired) electrons. The van der Waals surface area contributed by atoms with E-state index in [1.54, 1.807) is 0 Å². The molecule has 4 rings (SSSR count). The molecule has 0 atom stereocenters. The lowest BCUT2D eigenvalue weighted by molar-refractivity contribution is 0.312. The molecule has 3 heterocycles. The zero-order valence-corrected chi connectivity index (χ0v) is 15.7. The molecule has 3 aromatic rings. The lowest BCUT2D eigenvalue weighted by Crippen LogP contribution is -2.44. The molecular weight excluding hydrogens is 364 g/mol. The van der Waals surface area contributed by atoms with Crippen LogP contribution in [0.4, 0.5) is 26.2 Å². The Balaban J connectivity index is 1.53. The quantitative estimate of drug-likeness (QED) is 0.745. The minimum atomic E-state index is -0.927. The lowest BCUT2D eigenvalue weighted by atomic mass is 10.2. The molecule has 1 fully saturated rings. The van der Waals surface area contributed by atoms with Crippen LogP contribution in [-0.4, -0.2) is 57.9 Å². The van der Waals surface area contributed by atoms with E-state index in [1.165, 1.54) is 17.1 Å². The summed E-state index contributed by atoms with van der Waals surface area (Å²) in [6.07, 6.45) is 1.45. The van der Waals surface area contributed by atoms with E-state index in [1.807, 2.05) is 19.1 Å². The highest BCUT2D eigenvalue weighted by Crippen LogP contribution is 2.22. The maximum Gasteiger partial charge on any atom is 0.246 e. The summed E-state index contributed by atoms with van der Waals surface area (Å²) in [5, 5.41) is 7.45. The minimum Gasteiger partial charge on any atom is -0.354 e. The molecule has 1 saturated heterocycles. The summed E-state index contributed by atoms with van der Waals surface area (Å²) in [6, 6.07) is 7.47. The van der Waals surface area contributed by atoms with Crippen molar-refractivity contribution in [3.05, 3.63) is 54.0 Å². The Kier molecular flexibility index (Phi) is 4.91. The molecule has 1 aromatic carbocycles. The standard InChI is InChI=1S/C19H21F2N7/c1-13-9-14(10-18(23-13)27-7-5-26(2)6-8-27)24-19-22-12-28(25-19)15-3-4-16(20)17(21)11-15/h3-4,9-12H,5-8H2,1-2H3,(H,23,24,25). The highest BCUT2D eigenvalue weighted by atomic mass is 19.2. The van der Waals surface area contributed by atoms with E-state index < -0.39 is 11.6 Å². The van der Waals surface area contributed by atoms with Crippen molar-refractivity contribution in [2.45, 2.75) is 6.92 Å². The van der Waals surface area contributed by atoms with Crippen molar-refractivity contribution < 1.29 is 8.78 Å². The predicted octanol–water partition coefficient (Wildman–Crippen LogP) is 2.74. The van der Waals surface area contributed by atoms with Gasteiger partial charge in [-0.05, 0) is 32.2 Å². The van der Waals surface area contributed by atoms with Crippen molar-refractivity contribution >= 4 is 17.5 Å². The van der Waals surface area contributed by atoms with Gasteiger partial charge in [0.25, 0.3) is 0 Å². The number of benzene rings is 1. The summed E-state index contributed by atoms with van der Waals surface area (Å²) in [5.41, 5.74) is 2.10. The number of aryl methyl sites for hydroxylation is 1. The Bertz CT molecular complexity index is 980. The molecule has 146 valence electrons. The van der Waals surface area contributed by atoms with E-state index in [9.17, 15) is 8.78 Å². The number of halogens is 2. The molecule has 0 unspecified atom stereocenters. The van der Waals surface area contributed by atoms with Gasteiger partial charge in [-0.2, -0.15) is 4.98 Å². The van der Waals surface area contributed by atoms with E-state index in [4.69, 9.17) is 0 Å². The number of piperazine rings is 1. The van der Waals surface area contributed by atoms with Crippen LogP contribution in [0.3, 0.4) is 0 Å². The van der Waals surface area contributed by atoms with E-state index in [2.05, 4.69) is 37.2 Å². The van der Waals surface area contributed by atoms with Gasteiger partial charge in [-0.1, -0.05) is 0 Å². The normalized spacial score (nSPS) is 15.1. The van der Waals surface area contributed by atoms with Crippen LogP contribution in [0.15, 0.2) is 36.7 Å². The fraction of sp³-hybridized carbons (Fsp3) is 0.316. The van der Waals surface area contributed by atoms with Gasteiger partial charge in [0.15, 0.2) is 11.6 Å². The van der Waals surface area contributed by atoms with E-state index in [0.29, 0.717) is 11.6 Å². The lowest BCUT2D eigenvalue weighted by Gasteiger charge is -2.33. The van der Waals surface area contributed by atoms with Crippen molar-refractivity contribution in [1.29, 1.82) is 0 Å². The number of hydrogen-bond donors (Lipinski definition) is 1. The second-order valence-corrected chi connectivity index (χ2v) is 6.88. The largest absolute Gasteiger partial charge is 0.354 e. The summed E-state index contributed by atoms with van der Waals surface area (Å²) in [6.45, 7) is 5.79. The number of anilines is 3. The highest BCUT2D eigenvalue weighted by molar-refractivity contribution is 5.60. The molecule has 9 heteroatoms. The first kappa shape index (κ1) is 18.3. The van der Waals surface area contributed by atoms with Gasteiger partial charge in [-0.15, -0.1) is 5.10 Å². The first-order valence-corrected chi connectivity index (χ1v) is 9.04. The van der Waals surface area contributed by atoms with E-state index in [0.717, 1.165) is 55.5 Å². The molecule has 0 saturated carbocycles. The van der Waals surface area contributed by atoms with Gasteiger partial charge < -0.3 is 15.1 Å². The van der Waals surface area contributed by atoms with E-state index in [-0.39, 0.29) is 0 Å². The zero-order valence-electron chi connectivity index (χ0n) is 15.7. The SMILES string of the molecule is Cc1cc(Nc2ncn(-c3ccc(F)c(F)c3)n2)cc(N2CCN(C)CC2)n1. The summed E-state index contributed by atoms with van der Waals surface area (Å²) >= 11 is 0. The number of likely N-dealkylation sites (N-methyl/N-ethyl adjacent to an activating group) is 1. The maximum atomic E-state index is 13.4. The Morgan fingerprint density at radius 1 is 1.00 bits per heavy atom. The Hall–Kier alpha value is -3.07. The monoisotopic (exact) mass is 385 g/mol. The third-order valence-electron chi connectivity index (χ3n) is 4.68. The highest BCUT2D eigenvalue weighted by Gasteiger charge is 2.16. The zero-order chi connectivity index (χ0) is 19.7. The second kappa shape index (κ2) is 7.51. The molecule has 0 bridgehead atoms. The summed E-state index contributed by atoms with van der Waals surface area (Å²) in [7, 11) is 2.11. The Labute approximate surface area is 161 Å². The Morgan fingerprint density at radius 2 is 1.79 bits per heavy atom. The number of nitrogens with zero attached hydrogens (tertiary/aromatic N) is 6. The number of rotatable bonds is 4. The maximum absolute atomic E-state index is 13.4. The van der Waals surface area contributed by atoms with Crippen LogP contribution in [0.5, 0.6) is 0 Å². The van der Waals surface area contributed by atoms with Crippen molar-refractivity contribution in [1.82, 2.24) is 24.6 Å². The van der Waals surface area contributed by atoms with Gasteiger partial charge in [-0.25, -0.2) is 18.4 Å². The summed E-state index contributed by atoms with van der Waals surface area (Å²) in [4.78, 5) is 13.4. The van der Waals surface area contributed by atoms with Crippen LogP contribution in [-0.2, 0) is 0 Å². The van der Waals surface area contributed by atoms with Crippen molar-refractivity contribution in [3.63, 3.8) is 0 Å². The summed E-state index contributed by atoms with van der Waals surface area (Å²) < 4.78 is 27.9. The van der Waals surface area contributed by atoms with Crippen molar-refractivity contribution in [2.24, 2.45) is 0 Å². The number of pyridine rings is 1. The molecule has 1 N–H and O–H groups in total. The third-order valence-corrected chi connectivity index (χ3v) is 4.68. The Morgan fingerprint density at radius 3 is 2.54 bits per heavy atom. The van der Waals surface area contributed by atoms with Crippen LogP contribution in [0, 0.1) is 18.6 Å². The van der Waals surface area contributed by atoms with Gasteiger partial charge in [0.05, 0.1) is 5.69 Å². The van der Waals surface area contributed by atoms with Crippen molar-refractivity contribution in [2.75, 3.05) is 43.4 Å². The first-order chi connectivity index (χ1) is 13.5. The molecule has 28 heavy (non-hydrogen) atoms. The fourth-order valence-electron chi connectivity index (χ4n) is 3.12. The third kappa shape index (κ3) is 3.94. The molecule has 0 aliphatic carbocycles. The van der Waals surface area contributed by atoms with Crippen LogP contribution >= 0.6 is 0 Å². The topological polar surface area (TPSA) is 62.1 Å². The van der Waals surface area contributed by atoms with Crippen molar-refractivity contribution in [3.8, 4) is 5.69 Å². The fourth-order valence-corrected chi connectivity index (χ4v) is 3.12. The predicted molar refractivity (Wildman–Crippen MR) is 103 cm³/mol. The average molecular weight is 385 g/mol. The molecule has 0 amide bonds. The van der Waals surface area contributed by atoms with Crippen LogP contribution in [0.2, 0.25) is 0 Å². The summed E-state index contributed by atoms with van der Waals surface area (Å²) in [5.74, 6) is -0.551.